The van der Waals surface area contributed by atoms with Gasteiger partial charge in [0, 0.05) is 0 Å². The fraction of sp³-hybridized carbons (Fsp3) is 0.130. The topological polar surface area (TPSA) is 52.6 Å². The number of hydrogen-bond acceptors (Lipinski definition) is 4. The van der Waals surface area contributed by atoms with Crippen LogP contribution in [0.25, 0.3) is 0 Å². The zero-order valence-electron chi connectivity index (χ0n) is 15.9. The van der Waals surface area contributed by atoms with E-state index in [4.69, 9.17) is 9.26 Å². The average molecular weight is 394 g/mol. The molecule has 0 radical (unpaired) electrons. The summed E-state index contributed by atoms with van der Waals surface area (Å²) in [6.45, 7) is -0.757. The molecule has 0 heterocycles. The summed E-state index contributed by atoms with van der Waals surface area (Å²) in [5, 5.41) is 2.76. The Bertz CT molecular complexity index is 856. The molecule has 0 aliphatic carbocycles. The summed E-state index contributed by atoms with van der Waals surface area (Å²) in [4.78, 5) is 24.0. The molecule has 0 spiro atoms. The van der Waals surface area contributed by atoms with Crippen LogP contribution in [0.2, 0.25) is 0 Å². The minimum absolute atomic E-state index is 0.423. The van der Waals surface area contributed by atoms with Crippen molar-refractivity contribution >= 4 is 34.7 Å². The number of carbonyl (C=O) groups is 2. The van der Waals surface area contributed by atoms with Gasteiger partial charge in [-0.25, -0.2) is 0 Å². The van der Waals surface area contributed by atoms with Gasteiger partial charge in [-0.3, -0.25) is 0 Å². The first-order valence-electron chi connectivity index (χ1n) is 8.99. The zero-order valence-corrected chi connectivity index (χ0v) is 16.8. The van der Waals surface area contributed by atoms with Gasteiger partial charge in [0.1, 0.15) is 0 Å². The molecule has 0 aromatic heterocycles. The zero-order chi connectivity index (χ0) is 20.1. The second-order valence-electron chi connectivity index (χ2n) is 6.71. The third-order valence-corrected chi connectivity index (χ3v) is 10.1. The van der Waals surface area contributed by atoms with Crippen LogP contribution in [0.3, 0.4) is 0 Å². The van der Waals surface area contributed by atoms with Gasteiger partial charge in [0.15, 0.2) is 0 Å². The SMILES string of the molecule is CC(=O)OCC(=O)OP(C)(c1ccccc1)(c1ccccc1)c1ccccc1. The van der Waals surface area contributed by atoms with Crippen LogP contribution in [0.4, 0.5) is 0 Å². The maximum atomic E-state index is 12.8. The Balaban J connectivity index is 2.27. The summed E-state index contributed by atoms with van der Waals surface area (Å²) < 4.78 is 11.3. The minimum atomic E-state index is -3.61. The number of ether oxygens (including phenoxy) is 1. The van der Waals surface area contributed by atoms with Crippen molar-refractivity contribution in [2.45, 2.75) is 6.92 Å². The number of esters is 1. The van der Waals surface area contributed by atoms with Crippen LogP contribution in [-0.2, 0) is 18.8 Å². The van der Waals surface area contributed by atoms with Crippen molar-refractivity contribution in [3.63, 3.8) is 0 Å². The van der Waals surface area contributed by atoms with Crippen LogP contribution < -0.4 is 15.9 Å². The van der Waals surface area contributed by atoms with Gasteiger partial charge in [0.05, 0.1) is 0 Å². The monoisotopic (exact) mass is 394 g/mol. The normalized spacial score (nSPS) is 12.4. The van der Waals surface area contributed by atoms with Crippen LogP contribution in [0.1, 0.15) is 6.92 Å². The average Bonchev–Trinajstić information content (AvgIpc) is 2.74. The Hall–Kier alpha value is -2.97. The van der Waals surface area contributed by atoms with Gasteiger partial charge in [0.2, 0.25) is 0 Å². The molecule has 0 atom stereocenters. The molecule has 0 aliphatic rings. The number of rotatable bonds is 6. The predicted octanol–water partition coefficient (Wildman–Crippen LogP) is 3.17. The predicted molar refractivity (Wildman–Crippen MR) is 114 cm³/mol. The van der Waals surface area contributed by atoms with E-state index in [-0.39, 0.29) is 0 Å². The molecule has 0 amide bonds. The Labute approximate surface area is 165 Å². The molecule has 3 rings (SSSR count). The van der Waals surface area contributed by atoms with E-state index in [0.717, 1.165) is 15.9 Å². The third-order valence-electron chi connectivity index (χ3n) is 4.86. The molecule has 3 aromatic carbocycles. The van der Waals surface area contributed by atoms with Crippen molar-refractivity contribution in [1.29, 1.82) is 0 Å². The number of carbonyl (C=O) groups excluding carboxylic acids is 2. The van der Waals surface area contributed by atoms with E-state index < -0.39 is 25.4 Å². The van der Waals surface area contributed by atoms with Crippen LogP contribution in [0.15, 0.2) is 91.0 Å². The Morgan fingerprint density at radius 3 is 1.39 bits per heavy atom. The van der Waals surface area contributed by atoms with Crippen LogP contribution in [0, 0.1) is 0 Å². The molecule has 28 heavy (non-hydrogen) atoms. The fourth-order valence-electron chi connectivity index (χ4n) is 3.41. The molecule has 0 bridgehead atoms. The van der Waals surface area contributed by atoms with E-state index in [1.54, 1.807) is 0 Å². The summed E-state index contributed by atoms with van der Waals surface area (Å²) in [5.74, 6) is -1.10. The second kappa shape index (κ2) is 7.95. The summed E-state index contributed by atoms with van der Waals surface area (Å²) in [7, 11) is 0. The van der Waals surface area contributed by atoms with Crippen molar-refractivity contribution in [3.05, 3.63) is 91.0 Å². The molecule has 0 saturated carbocycles. The first-order valence-corrected chi connectivity index (χ1v) is 11.6. The van der Waals surface area contributed by atoms with Gasteiger partial charge in [-0.15, -0.1) is 0 Å². The van der Waals surface area contributed by atoms with E-state index in [2.05, 4.69) is 0 Å². The molecule has 5 heteroatoms. The van der Waals surface area contributed by atoms with Gasteiger partial charge >= 0.3 is 165 Å². The Kier molecular flexibility index (Phi) is 5.62. The summed E-state index contributed by atoms with van der Waals surface area (Å²) >= 11 is 0. The van der Waals surface area contributed by atoms with Crippen LogP contribution in [-0.4, -0.2) is 25.2 Å². The maximum absolute atomic E-state index is 12.8. The van der Waals surface area contributed by atoms with E-state index in [9.17, 15) is 9.59 Å². The van der Waals surface area contributed by atoms with Crippen molar-refractivity contribution in [1.82, 2.24) is 0 Å². The quantitative estimate of drug-likeness (QED) is 0.476. The molecule has 0 fully saturated rings. The second-order valence-corrected chi connectivity index (χ2v) is 11.4. The van der Waals surface area contributed by atoms with Gasteiger partial charge in [0.25, 0.3) is 0 Å². The van der Waals surface area contributed by atoms with Crippen molar-refractivity contribution in [2.24, 2.45) is 0 Å². The molecule has 4 nitrogen and oxygen atoms in total. The van der Waals surface area contributed by atoms with E-state index in [1.165, 1.54) is 6.92 Å². The van der Waals surface area contributed by atoms with E-state index in [0.29, 0.717) is 0 Å². The molecule has 144 valence electrons. The molecule has 0 aliphatic heterocycles. The molecule has 0 saturated heterocycles. The number of benzene rings is 3. The van der Waals surface area contributed by atoms with E-state index >= 15 is 0 Å². The molecule has 3 aromatic rings. The molecule has 0 unspecified atom stereocenters. The first kappa shape index (κ1) is 19.8. The molecular weight excluding hydrogens is 371 g/mol. The first-order chi connectivity index (χ1) is 13.4. The summed E-state index contributed by atoms with van der Waals surface area (Å²) in [5.41, 5.74) is 0. The van der Waals surface area contributed by atoms with Gasteiger partial charge in [-0.05, 0) is 0 Å². The van der Waals surface area contributed by atoms with Crippen molar-refractivity contribution < 1.29 is 18.8 Å². The summed E-state index contributed by atoms with van der Waals surface area (Å²) in [6.07, 6.45) is 0. The molecule has 0 N–H and O–H groups in total. The van der Waals surface area contributed by atoms with E-state index in [1.807, 2.05) is 97.7 Å². The Morgan fingerprint density at radius 1 is 0.714 bits per heavy atom. The van der Waals surface area contributed by atoms with Crippen molar-refractivity contribution in [3.8, 4) is 0 Å². The summed E-state index contributed by atoms with van der Waals surface area (Å²) in [6, 6.07) is 29.3. The van der Waals surface area contributed by atoms with Crippen molar-refractivity contribution in [2.75, 3.05) is 13.3 Å². The van der Waals surface area contributed by atoms with Gasteiger partial charge < -0.3 is 0 Å². The fourth-order valence-corrected chi connectivity index (χ4v) is 7.85. The van der Waals surface area contributed by atoms with Gasteiger partial charge in [-0.2, -0.15) is 0 Å². The standard InChI is InChI=1S/C23H23O4P/c1-19(24)26-18-23(25)27-28(2,20-12-6-3-7-13-20,21-14-8-4-9-15-21)22-16-10-5-11-17-22/h3-17H,18H2,1-2H3. The third kappa shape index (κ3) is 3.56. The molecular formula is C23H23O4P. The van der Waals surface area contributed by atoms with Gasteiger partial charge in [-0.1, -0.05) is 0 Å². The number of hydrogen-bond donors (Lipinski definition) is 0. The van der Waals surface area contributed by atoms with Crippen LogP contribution in [0.5, 0.6) is 0 Å². The van der Waals surface area contributed by atoms with Crippen LogP contribution >= 0.6 is 6.83 Å². The Morgan fingerprint density at radius 2 is 1.07 bits per heavy atom.